The molecular weight excluding hydrogens is 267 g/mol. The Bertz CT molecular complexity index is 599. The number of halogens is 1. The minimum atomic E-state index is -0.209. The summed E-state index contributed by atoms with van der Waals surface area (Å²) in [5.41, 5.74) is 2.65. The van der Waals surface area contributed by atoms with E-state index < -0.39 is 0 Å². The SMILES string of the molecule is Cc1cc(CNCC(=O)NCc2ccccc2)ccc1F. The molecule has 0 bridgehead atoms. The summed E-state index contributed by atoms with van der Waals surface area (Å²) in [7, 11) is 0. The standard InChI is InChI=1S/C17H19FN2O/c1-13-9-15(7-8-16(13)18)10-19-12-17(21)20-11-14-5-3-2-4-6-14/h2-9,19H,10-12H2,1H3,(H,20,21). The van der Waals surface area contributed by atoms with Crippen LogP contribution < -0.4 is 10.6 Å². The molecule has 2 N–H and O–H groups in total. The zero-order valence-electron chi connectivity index (χ0n) is 12.0. The van der Waals surface area contributed by atoms with Crippen LogP contribution in [0.3, 0.4) is 0 Å². The molecule has 110 valence electrons. The average Bonchev–Trinajstić information content (AvgIpc) is 2.50. The Labute approximate surface area is 124 Å². The highest BCUT2D eigenvalue weighted by molar-refractivity contribution is 5.77. The fraction of sp³-hybridized carbons (Fsp3) is 0.235. The molecule has 0 aliphatic carbocycles. The second kappa shape index (κ2) is 7.55. The lowest BCUT2D eigenvalue weighted by atomic mass is 10.1. The lowest BCUT2D eigenvalue weighted by molar-refractivity contribution is -0.120. The van der Waals surface area contributed by atoms with Gasteiger partial charge in [0.2, 0.25) is 5.91 Å². The summed E-state index contributed by atoms with van der Waals surface area (Å²) in [4.78, 5) is 11.7. The van der Waals surface area contributed by atoms with E-state index in [9.17, 15) is 9.18 Å². The van der Waals surface area contributed by atoms with E-state index >= 15 is 0 Å². The molecule has 1 amide bonds. The number of carbonyl (C=O) groups excluding carboxylic acids is 1. The van der Waals surface area contributed by atoms with Gasteiger partial charge in [0.05, 0.1) is 6.54 Å². The van der Waals surface area contributed by atoms with Crippen molar-refractivity contribution in [2.24, 2.45) is 0 Å². The normalized spacial score (nSPS) is 10.4. The molecule has 0 aromatic heterocycles. The van der Waals surface area contributed by atoms with Crippen molar-refractivity contribution in [3.63, 3.8) is 0 Å². The number of rotatable bonds is 6. The summed E-state index contributed by atoms with van der Waals surface area (Å²) >= 11 is 0. The van der Waals surface area contributed by atoms with Crippen LogP contribution in [0.1, 0.15) is 16.7 Å². The van der Waals surface area contributed by atoms with Crippen LogP contribution in [0.15, 0.2) is 48.5 Å². The van der Waals surface area contributed by atoms with Gasteiger partial charge >= 0.3 is 0 Å². The largest absolute Gasteiger partial charge is 0.351 e. The molecule has 0 aliphatic heterocycles. The first-order valence-electron chi connectivity index (χ1n) is 6.91. The van der Waals surface area contributed by atoms with E-state index in [0.717, 1.165) is 11.1 Å². The van der Waals surface area contributed by atoms with Crippen LogP contribution in [0.4, 0.5) is 4.39 Å². The number of hydrogen-bond donors (Lipinski definition) is 2. The van der Waals surface area contributed by atoms with Gasteiger partial charge in [0.15, 0.2) is 0 Å². The Balaban J connectivity index is 1.70. The van der Waals surface area contributed by atoms with Crippen molar-refractivity contribution in [2.75, 3.05) is 6.54 Å². The van der Waals surface area contributed by atoms with E-state index in [1.165, 1.54) is 6.07 Å². The average molecular weight is 286 g/mol. The number of aryl methyl sites for hydroxylation is 1. The zero-order valence-corrected chi connectivity index (χ0v) is 12.0. The van der Waals surface area contributed by atoms with Crippen molar-refractivity contribution in [1.82, 2.24) is 10.6 Å². The van der Waals surface area contributed by atoms with Crippen LogP contribution in [0, 0.1) is 12.7 Å². The quantitative estimate of drug-likeness (QED) is 0.857. The molecule has 0 spiro atoms. The minimum absolute atomic E-state index is 0.0577. The molecule has 2 aromatic rings. The Kier molecular flexibility index (Phi) is 5.46. The highest BCUT2D eigenvalue weighted by Crippen LogP contribution is 2.08. The van der Waals surface area contributed by atoms with Crippen LogP contribution in [-0.2, 0) is 17.9 Å². The van der Waals surface area contributed by atoms with Gasteiger partial charge in [-0.05, 0) is 29.7 Å². The van der Waals surface area contributed by atoms with E-state index in [1.54, 1.807) is 19.1 Å². The van der Waals surface area contributed by atoms with Crippen LogP contribution >= 0.6 is 0 Å². The first kappa shape index (κ1) is 15.2. The first-order valence-corrected chi connectivity index (χ1v) is 6.91. The van der Waals surface area contributed by atoms with E-state index in [1.807, 2.05) is 30.3 Å². The molecule has 2 rings (SSSR count). The van der Waals surface area contributed by atoms with E-state index in [4.69, 9.17) is 0 Å². The Morgan fingerprint density at radius 2 is 1.81 bits per heavy atom. The van der Waals surface area contributed by atoms with E-state index in [-0.39, 0.29) is 18.3 Å². The van der Waals surface area contributed by atoms with Crippen molar-refractivity contribution in [2.45, 2.75) is 20.0 Å². The maximum Gasteiger partial charge on any atom is 0.234 e. The van der Waals surface area contributed by atoms with Crippen LogP contribution in [0.25, 0.3) is 0 Å². The Hall–Kier alpha value is -2.20. The third-order valence-corrected chi connectivity index (χ3v) is 3.17. The highest BCUT2D eigenvalue weighted by Gasteiger charge is 2.02. The van der Waals surface area contributed by atoms with Crippen molar-refractivity contribution in [1.29, 1.82) is 0 Å². The molecule has 0 radical (unpaired) electrons. The summed E-state index contributed by atoms with van der Waals surface area (Å²) in [6.07, 6.45) is 0. The summed E-state index contributed by atoms with van der Waals surface area (Å²) in [6, 6.07) is 14.7. The van der Waals surface area contributed by atoms with Gasteiger partial charge in [-0.2, -0.15) is 0 Å². The molecule has 0 atom stereocenters. The second-order valence-corrected chi connectivity index (χ2v) is 4.95. The number of carbonyl (C=O) groups is 1. The molecule has 21 heavy (non-hydrogen) atoms. The Morgan fingerprint density at radius 1 is 1.05 bits per heavy atom. The topological polar surface area (TPSA) is 41.1 Å². The molecule has 4 heteroatoms. The molecule has 0 aliphatic rings. The first-order chi connectivity index (χ1) is 10.1. The number of benzene rings is 2. The fourth-order valence-electron chi connectivity index (χ4n) is 2.00. The van der Waals surface area contributed by atoms with E-state index in [2.05, 4.69) is 10.6 Å². The van der Waals surface area contributed by atoms with Crippen LogP contribution in [0.2, 0.25) is 0 Å². The lowest BCUT2D eigenvalue weighted by Gasteiger charge is -2.08. The van der Waals surface area contributed by atoms with Gasteiger partial charge in [-0.1, -0.05) is 42.5 Å². The van der Waals surface area contributed by atoms with Gasteiger partial charge in [0.1, 0.15) is 5.82 Å². The monoisotopic (exact) mass is 286 g/mol. The smallest absolute Gasteiger partial charge is 0.234 e. The third kappa shape index (κ3) is 5.00. The molecule has 0 heterocycles. The van der Waals surface area contributed by atoms with Crippen LogP contribution in [0.5, 0.6) is 0 Å². The minimum Gasteiger partial charge on any atom is -0.351 e. The highest BCUT2D eigenvalue weighted by atomic mass is 19.1. The fourth-order valence-corrected chi connectivity index (χ4v) is 2.00. The van der Waals surface area contributed by atoms with Crippen molar-refractivity contribution in [3.05, 3.63) is 71.0 Å². The molecule has 0 saturated heterocycles. The summed E-state index contributed by atoms with van der Waals surface area (Å²) < 4.78 is 13.1. The summed E-state index contributed by atoms with van der Waals surface area (Å²) in [6.45, 7) is 3.03. The van der Waals surface area contributed by atoms with E-state index in [0.29, 0.717) is 18.7 Å². The number of nitrogens with one attached hydrogen (secondary N) is 2. The van der Waals surface area contributed by atoms with Gasteiger partial charge in [0.25, 0.3) is 0 Å². The van der Waals surface area contributed by atoms with Crippen molar-refractivity contribution >= 4 is 5.91 Å². The van der Waals surface area contributed by atoms with Gasteiger partial charge in [-0.3, -0.25) is 4.79 Å². The Morgan fingerprint density at radius 3 is 2.52 bits per heavy atom. The molecular formula is C17H19FN2O. The van der Waals surface area contributed by atoms with Gasteiger partial charge in [-0.25, -0.2) is 4.39 Å². The molecule has 0 saturated carbocycles. The second-order valence-electron chi connectivity index (χ2n) is 4.95. The van der Waals surface area contributed by atoms with Gasteiger partial charge < -0.3 is 10.6 Å². The van der Waals surface area contributed by atoms with Gasteiger partial charge in [0, 0.05) is 13.1 Å². The molecule has 3 nitrogen and oxygen atoms in total. The maximum absolute atomic E-state index is 13.1. The predicted octanol–water partition coefficient (Wildman–Crippen LogP) is 2.54. The summed E-state index contributed by atoms with van der Waals surface area (Å²) in [5.74, 6) is -0.267. The van der Waals surface area contributed by atoms with Crippen molar-refractivity contribution in [3.8, 4) is 0 Å². The molecule has 0 unspecified atom stereocenters. The maximum atomic E-state index is 13.1. The zero-order chi connectivity index (χ0) is 15.1. The number of hydrogen-bond acceptors (Lipinski definition) is 2. The summed E-state index contributed by atoms with van der Waals surface area (Å²) in [5, 5.41) is 5.89. The van der Waals surface area contributed by atoms with Crippen molar-refractivity contribution < 1.29 is 9.18 Å². The predicted molar refractivity (Wildman–Crippen MR) is 81.1 cm³/mol. The van der Waals surface area contributed by atoms with Gasteiger partial charge in [-0.15, -0.1) is 0 Å². The number of amides is 1. The molecule has 2 aromatic carbocycles. The third-order valence-electron chi connectivity index (χ3n) is 3.17. The van der Waals surface area contributed by atoms with Crippen LogP contribution in [-0.4, -0.2) is 12.5 Å². The lowest BCUT2D eigenvalue weighted by Crippen LogP contribution is -2.33. The molecule has 0 fully saturated rings.